The summed E-state index contributed by atoms with van der Waals surface area (Å²) < 4.78 is 0. The largest absolute Gasteiger partial charge is 0.342 e. The van der Waals surface area contributed by atoms with Gasteiger partial charge in [-0.05, 0) is 19.9 Å². The first-order chi connectivity index (χ1) is 6.92. The molecular formula is C10H20N4. The summed E-state index contributed by atoms with van der Waals surface area (Å²) in [5.41, 5.74) is 0. The van der Waals surface area contributed by atoms with Crippen molar-refractivity contribution in [1.82, 2.24) is 15.1 Å². The van der Waals surface area contributed by atoms with Crippen LogP contribution in [-0.4, -0.2) is 61.6 Å². The molecule has 0 bridgehead atoms. The monoisotopic (exact) mass is 196 g/mol. The van der Waals surface area contributed by atoms with E-state index in [1.807, 2.05) is 0 Å². The van der Waals surface area contributed by atoms with Crippen LogP contribution in [0.2, 0.25) is 0 Å². The van der Waals surface area contributed by atoms with Crippen LogP contribution in [0.1, 0.15) is 13.3 Å². The number of hydrogen-bond donors (Lipinski definition) is 1. The molecule has 2 rings (SSSR count). The molecule has 0 saturated carbocycles. The van der Waals surface area contributed by atoms with E-state index in [4.69, 9.17) is 0 Å². The molecule has 1 fully saturated rings. The van der Waals surface area contributed by atoms with E-state index >= 15 is 0 Å². The fourth-order valence-electron chi connectivity index (χ4n) is 2.12. The Kier molecular flexibility index (Phi) is 3.24. The van der Waals surface area contributed by atoms with Gasteiger partial charge >= 0.3 is 0 Å². The molecule has 0 unspecified atom stereocenters. The van der Waals surface area contributed by atoms with Gasteiger partial charge in [0.05, 0.1) is 6.54 Å². The Morgan fingerprint density at radius 3 is 3.07 bits per heavy atom. The summed E-state index contributed by atoms with van der Waals surface area (Å²) in [6.07, 6.45) is 1.23. The van der Waals surface area contributed by atoms with Crippen molar-refractivity contribution < 1.29 is 0 Å². The van der Waals surface area contributed by atoms with Crippen molar-refractivity contribution in [1.29, 1.82) is 0 Å². The van der Waals surface area contributed by atoms with E-state index in [0.717, 1.165) is 45.8 Å². The summed E-state index contributed by atoms with van der Waals surface area (Å²) in [4.78, 5) is 9.40. The quantitative estimate of drug-likeness (QED) is 0.639. The second-order valence-corrected chi connectivity index (χ2v) is 3.85. The molecule has 14 heavy (non-hydrogen) atoms. The number of nitrogens with one attached hydrogen (secondary N) is 1. The molecule has 4 heteroatoms. The third-order valence-electron chi connectivity index (χ3n) is 2.91. The van der Waals surface area contributed by atoms with Crippen molar-refractivity contribution in [2.75, 3.05) is 45.8 Å². The Bertz CT molecular complexity index is 206. The second-order valence-electron chi connectivity index (χ2n) is 3.85. The predicted octanol–water partition coefficient (Wildman–Crippen LogP) is -0.0268. The SMILES string of the molecule is CCN1CCN=C1N1CCCNCC1. The summed E-state index contributed by atoms with van der Waals surface area (Å²) in [6, 6.07) is 0. The van der Waals surface area contributed by atoms with E-state index in [2.05, 4.69) is 27.0 Å². The first-order valence-corrected chi connectivity index (χ1v) is 5.67. The standard InChI is InChI=1S/C10H20N4/c1-2-13-9-6-12-10(13)14-7-3-4-11-5-8-14/h11H,2-9H2,1H3. The molecule has 2 heterocycles. The molecule has 0 atom stereocenters. The van der Waals surface area contributed by atoms with Gasteiger partial charge < -0.3 is 15.1 Å². The van der Waals surface area contributed by atoms with Crippen molar-refractivity contribution in [2.24, 2.45) is 4.99 Å². The number of guanidine groups is 1. The molecule has 2 aliphatic rings. The molecule has 2 aliphatic heterocycles. The lowest BCUT2D eigenvalue weighted by Crippen LogP contribution is -2.43. The van der Waals surface area contributed by atoms with Crippen LogP contribution in [-0.2, 0) is 0 Å². The Morgan fingerprint density at radius 1 is 1.29 bits per heavy atom. The number of aliphatic imine (C=N–C) groups is 1. The maximum Gasteiger partial charge on any atom is 0.196 e. The Morgan fingerprint density at radius 2 is 2.21 bits per heavy atom. The van der Waals surface area contributed by atoms with Crippen LogP contribution in [0.4, 0.5) is 0 Å². The zero-order valence-electron chi connectivity index (χ0n) is 9.00. The normalized spacial score (nSPS) is 23.6. The fraction of sp³-hybridized carbons (Fsp3) is 0.900. The number of rotatable bonds is 1. The van der Waals surface area contributed by atoms with Gasteiger partial charge in [-0.2, -0.15) is 0 Å². The van der Waals surface area contributed by atoms with Gasteiger partial charge in [0, 0.05) is 32.7 Å². The Balaban J connectivity index is 1.98. The summed E-state index contributed by atoms with van der Waals surface area (Å²) in [6.45, 7) is 9.88. The zero-order chi connectivity index (χ0) is 9.80. The van der Waals surface area contributed by atoms with Crippen LogP contribution in [0.5, 0.6) is 0 Å². The minimum atomic E-state index is 0.979. The highest BCUT2D eigenvalue weighted by atomic mass is 15.4. The Hall–Kier alpha value is -0.770. The lowest BCUT2D eigenvalue weighted by molar-refractivity contribution is 0.360. The minimum absolute atomic E-state index is 0.979. The van der Waals surface area contributed by atoms with Gasteiger partial charge in [0.2, 0.25) is 0 Å². The molecule has 0 aromatic rings. The highest BCUT2D eigenvalue weighted by Crippen LogP contribution is 2.07. The first-order valence-electron chi connectivity index (χ1n) is 5.67. The highest BCUT2D eigenvalue weighted by Gasteiger charge is 2.21. The average Bonchev–Trinajstić information content (AvgIpc) is 2.52. The third-order valence-corrected chi connectivity index (χ3v) is 2.91. The maximum atomic E-state index is 4.59. The molecule has 0 aromatic carbocycles. The topological polar surface area (TPSA) is 30.9 Å². The van der Waals surface area contributed by atoms with Gasteiger partial charge in [-0.3, -0.25) is 4.99 Å². The number of likely N-dealkylation sites (N-methyl/N-ethyl adjacent to an activating group) is 1. The van der Waals surface area contributed by atoms with E-state index in [1.54, 1.807) is 0 Å². The lowest BCUT2D eigenvalue weighted by Gasteiger charge is -2.28. The van der Waals surface area contributed by atoms with E-state index in [-0.39, 0.29) is 0 Å². The van der Waals surface area contributed by atoms with E-state index in [9.17, 15) is 0 Å². The van der Waals surface area contributed by atoms with Crippen molar-refractivity contribution in [2.45, 2.75) is 13.3 Å². The van der Waals surface area contributed by atoms with Gasteiger partial charge in [0.25, 0.3) is 0 Å². The van der Waals surface area contributed by atoms with E-state index < -0.39 is 0 Å². The molecule has 1 saturated heterocycles. The van der Waals surface area contributed by atoms with Gasteiger partial charge in [-0.15, -0.1) is 0 Å². The van der Waals surface area contributed by atoms with Crippen LogP contribution in [0.25, 0.3) is 0 Å². The highest BCUT2D eigenvalue weighted by molar-refractivity contribution is 5.81. The van der Waals surface area contributed by atoms with Gasteiger partial charge in [0.1, 0.15) is 0 Å². The molecule has 0 radical (unpaired) electrons. The van der Waals surface area contributed by atoms with Gasteiger partial charge in [0.15, 0.2) is 5.96 Å². The first kappa shape index (κ1) is 9.77. The van der Waals surface area contributed by atoms with Gasteiger partial charge in [-0.1, -0.05) is 0 Å². The van der Waals surface area contributed by atoms with Crippen molar-refractivity contribution in [3.63, 3.8) is 0 Å². The minimum Gasteiger partial charge on any atom is -0.342 e. The van der Waals surface area contributed by atoms with Crippen LogP contribution in [0.3, 0.4) is 0 Å². The second kappa shape index (κ2) is 4.64. The maximum absolute atomic E-state index is 4.59. The molecule has 0 spiro atoms. The summed E-state index contributed by atoms with van der Waals surface area (Å²) in [7, 11) is 0. The number of hydrogen-bond acceptors (Lipinski definition) is 4. The van der Waals surface area contributed by atoms with E-state index in [0.29, 0.717) is 0 Å². The zero-order valence-corrected chi connectivity index (χ0v) is 9.00. The number of nitrogens with zero attached hydrogens (tertiary/aromatic N) is 3. The van der Waals surface area contributed by atoms with Crippen LogP contribution in [0, 0.1) is 0 Å². The van der Waals surface area contributed by atoms with Crippen LogP contribution >= 0.6 is 0 Å². The molecule has 80 valence electrons. The molecule has 0 aliphatic carbocycles. The fourth-order valence-corrected chi connectivity index (χ4v) is 2.12. The third kappa shape index (κ3) is 2.00. The predicted molar refractivity (Wildman–Crippen MR) is 58.6 cm³/mol. The Labute approximate surface area is 86.0 Å². The molecule has 0 amide bonds. The smallest absolute Gasteiger partial charge is 0.196 e. The van der Waals surface area contributed by atoms with Crippen molar-refractivity contribution in [3.8, 4) is 0 Å². The molecule has 4 nitrogen and oxygen atoms in total. The van der Waals surface area contributed by atoms with Gasteiger partial charge in [-0.25, -0.2) is 0 Å². The summed E-state index contributed by atoms with van der Waals surface area (Å²) in [5, 5.41) is 3.42. The van der Waals surface area contributed by atoms with Crippen molar-refractivity contribution >= 4 is 5.96 Å². The average molecular weight is 196 g/mol. The van der Waals surface area contributed by atoms with Crippen LogP contribution in [0.15, 0.2) is 4.99 Å². The molecule has 0 aromatic heterocycles. The summed E-state index contributed by atoms with van der Waals surface area (Å²) in [5.74, 6) is 1.23. The van der Waals surface area contributed by atoms with E-state index in [1.165, 1.54) is 12.4 Å². The van der Waals surface area contributed by atoms with Crippen molar-refractivity contribution in [3.05, 3.63) is 0 Å². The lowest BCUT2D eigenvalue weighted by atomic mass is 10.4. The summed E-state index contributed by atoms with van der Waals surface area (Å²) >= 11 is 0. The molecule has 1 N–H and O–H groups in total. The molecular weight excluding hydrogens is 176 g/mol. The van der Waals surface area contributed by atoms with Crippen LogP contribution < -0.4 is 5.32 Å².